The van der Waals surface area contributed by atoms with Crippen LogP contribution in [0.5, 0.6) is 0 Å². The summed E-state index contributed by atoms with van der Waals surface area (Å²) in [6.07, 6.45) is -2.60. The van der Waals surface area contributed by atoms with Crippen molar-refractivity contribution in [3.05, 3.63) is 29.3 Å². The lowest BCUT2D eigenvalue weighted by Gasteiger charge is -2.38. The van der Waals surface area contributed by atoms with Crippen LogP contribution in [-0.4, -0.2) is 62.0 Å². The number of amides is 1. The molecule has 0 radical (unpaired) electrons. The van der Waals surface area contributed by atoms with Crippen LogP contribution in [0.4, 0.5) is 18.9 Å². The van der Waals surface area contributed by atoms with Crippen molar-refractivity contribution in [3.63, 3.8) is 0 Å². The second kappa shape index (κ2) is 9.07. The minimum Gasteiger partial charge on any atom is -0.370 e. The number of nitrogens with zero attached hydrogens (tertiary/aromatic N) is 4. The maximum Gasteiger partial charge on any atom is 0.417 e. The number of alkyl halides is 3. The van der Waals surface area contributed by atoms with Gasteiger partial charge < -0.3 is 14.7 Å². The van der Waals surface area contributed by atoms with Crippen LogP contribution in [0.25, 0.3) is 0 Å². The lowest BCUT2D eigenvalue weighted by atomic mass is 9.78. The molecule has 1 aromatic rings. The Balaban J connectivity index is 1.86. The van der Waals surface area contributed by atoms with Crippen LogP contribution in [0.15, 0.2) is 18.2 Å². The zero-order valence-corrected chi connectivity index (χ0v) is 18.6. The molecule has 0 spiro atoms. The van der Waals surface area contributed by atoms with Gasteiger partial charge in [-0.2, -0.15) is 18.4 Å². The van der Waals surface area contributed by atoms with E-state index >= 15 is 0 Å². The van der Waals surface area contributed by atoms with Crippen LogP contribution in [0.3, 0.4) is 0 Å². The fraction of sp³-hybridized carbons (Fsp3) is 0.652. The van der Waals surface area contributed by atoms with Gasteiger partial charge in [-0.1, -0.05) is 0 Å². The lowest BCUT2D eigenvalue weighted by Crippen LogP contribution is -2.43. The number of anilines is 1. The summed E-state index contributed by atoms with van der Waals surface area (Å²) in [5.41, 5.74) is -0.879. The van der Waals surface area contributed by atoms with Crippen molar-refractivity contribution in [1.29, 1.82) is 5.26 Å². The van der Waals surface area contributed by atoms with E-state index in [1.807, 2.05) is 4.90 Å². The van der Waals surface area contributed by atoms with Gasteiger partial charge in [-0.05, 0) is 69.8 Å². The average Bonchev–Trinajstić information content (AvgIpc) is 3.17. The standard InChI is InChI=1S/C23H31F3N4O/c1-15(2)29-9-7-16(8-10-29)19-13-30(14-20(19)22(31)28(3)4)18-6-5-17(12-27)21(11-18)23(24,25)26/h5-6,11,15-16,19-20H,7-10,13-14H2,1-4H3/t19-,20+/m0/s1. The van der Waals surface area contributed by atoms with Crippen molar-refractivity contribution in [3.8, 4) is 6.07 Å². The number of piperidine rings is 1. The number of rotatable bonds is 4. The summed E-state index contributed by atoms with van der Waals surface area (Å²) < 4.78 is 40.3. The molecule has 0 aliphatic carbocycles. The quantitative estimate of drug-likeness (QED) is 0.720. The summed E-state index contributed by atoms with van der Waals surface area (Å²) in [4.78, 5) is 18.9. The Morgan fingerprint density at radius 3 is 2.35 bits per heavy atom. The fourth-order valence-electron chi connectivity index (χ4n) is 5.04. The van der Waals surface area contributed by atoms with Crippen molar-refractivity contribution in [2.45, 2.75) is 38.9 Å². The van der Waals surface area contributed by atoms with E-state index in [-0.39, 0.29) is 23.3 Å². The van der Waals surface area contributed by atoms with Crippen molar-refractivity contribution in [2.24, 2.45) is 17.8 Å². The summed E-state index contributed by atoms with van der Waals surface area (Å²) in [7, 11) is 3.46. The van der Waals surface area contributed by atoms with E-state index < -0.39 is 11.7 Å². The Kier molecular flexibility index (Phi) is 6.85. The first-order chi connectivity index (χ1) is 14.5. The highest BCUT2D eigenvalue weighted by Crippen LogP contribution is 2.40. The van der Waals surface area contributed by atoms with Crippen LogP contribution in [0.2, 0.25) is 0 Å². The largest absolute Gasteiger partial charge is 0.417 e. The third-order valence-corrected chi connectivity index (χ3v) is 6.83. The lowest BCUT2D eigenvalue weighted by molar-refractivity contribution is -0.137. The second-order valence-corrected chi connectivity index (χ2v) is 9.21. The number of carbonyl (C=O) groups excluding carboxylic acids is 1. The van der Waals surface area contributed by atoms with E-state index in [1.165, 1.54) is 6.07 Å². The molecule has 5 nitrogen and oxygen atoms in total. The highest BCUT2D eigenvalue weighted by atomic mass is 19.4. The molecule has 0 N–H and O–H groups in total. The third kappa shape index (κ3) is 4.98. The van der Waals surface area contributed by atoms with Crippen molar-refractivity contribution in [2.75, 3.05) is 45.2 Å². The number of halogens is 3. The number of carbonyl (C=O) groups is 1. The van der Waals surface area contributed by atoms with Crippen molar-refractivity contribution < 1.29 is 18.0 Å². The molecule has 2 saturated heterocycles. The average molecular weight is 437 g/mol. The highest BCUT2D eigenvalue weighted by molar-refractivity contribution is 5.80. The van der Waals surface area contributed by atoms with E-state index in [0.29, 0.717) is 30.7 Å². The molecular weight excluding hydrogens is 405 g/mol. The Labute approximate surface area is 182 Å². The molecule has 2 aliphatic heterocycles. The van der Waals surface area contributed by atoms with Crippen LogP contribution >= 0.6 is 0 Å². The van der Waals surface area contributed by atoms with Gasteiger partial charge in [-0.3, -0.25) is 4.79 Å². The van der Waals surface area contributed by atoms with Gasteiger partial charge in [0.15, 0.2) is 0 Å². The second-order valence-electron chi connectivity index (χ2n) is 9.21. The van der Waals surface area contributed by atoms with E-state index in [0.717, 1.165) is 32.0 Å². The molecule has 170 valence electrons. The van der Waals surface area contributed by atoms with Gasteiger partial charge in [0, 0.05) is 38.9 Å². The first kappa shape index (κ1) is 23.4. The normalized spacial score (nSPS) is 23.3. The van der Waals surface area contributed by atoms with Crippen molar-refractivity contribution in [1.82, 2.24) is 9.80 Å². The topological polar surface area (TPSA) is 50.6 Å². The molecule has 2 heterocycles. The molecule has 2 atom stereocenters. The Hall–Kier alpha value is -2.27. The predicted octanol–water partition coefficient (Wildman–Crippen LogP) is 3.84. The number of nitriles is 1. The number of likely N-dealkylation sites (tertiary alicyclic amines) is 1. The molecule has 1 aromatic carbocycles. The third-order valence-electron chi connectivity index (χ3n) is 6.83. The molecule has 0 saturated carbocycles. The zero-order valence-electron chi connectivity index (χ0n) is 18.6. The van der Waals surface area contributed by atoms with E-state index in [4.69, 9.17) is 5.26 Å². The molecule has 31 heavy (non-hydrogen) atoms. The molecule has 3 rings (SSSR count). The molecule has 0 unspecified atom stereocenters. The maximum absolute atomic E-state index is 13.4. The van der Waals surface area contributed by atoms with Gasteiger partial charge in [-0.25, -0.2) is 0 Å². The zero-order chi connectivity index (χ0) is 22.9. The Morgan fingerprint density at radius 1 is 1.19 bits per heavy atom. The molecular formula is C23H31F3N4O. The number of benzene rings is 1. The monoisotopic (exact) mass is 436 g/mol. The molecule has 2 aliphatic rings. The highest BCUT2D eigenvalue weighted by Gasteiger charge is 2.44. The molecule has 0 aromatic heterocycles. The van der Waals surface area contributed by atoms with Gasteiger partial charge in [0.25, 0.3) is 0 Å². The SMILES string of the molecule is CC(C)N1CCC([C@@H]2CN(c3ccc(C#N)c(C(F)(F)F)c3)C[C@H]2C(=O)N(C)C)CC1. The molecule has 0 bridgehead atoms. The number of hydrogen-bond acceptors (Lipinski definition) is 4. The van der Waals surface area contributed by atoms with Crippen LogP contribution in [0, 0.1) is 29.1 Å². The first-order valence-corrected chi connectivity index (χ1v) is 10.8. The van der Waals surface area contributed by atoms with Gasteiger partial charge >= 0.3 is 6.18 Å². The van der Waals surface area contributed by atoms with Gasteiger partial charge in [0.1, 0.15) is 0 Å². The smallest absolute Gasteiger partial charge is 0.370 e. The summed E-state index contributed by atoms with van der Waals surface area (Å²) in [6.45, 7) is 7.28. The summed E-state index contributed by atoms with van der Waals surface area (Å²) in [6, 6.07) is 5.97. The van der Waals surface area contributed by atoms with E-state index in [9.17, 15) is 18.0 Å². The molecule has 1 amide bonds. The minimum atomic E-state index is -4.59. The van der Waals surface area contributed by atoms with Crippen LogP contribution in [0.1, 0.15) is 37.8 Å². The van der Waals surface area contributed by atoms with Crippen LogP contribution in [-0.2, 0) is 11.0 Å². The fourth-order valence-corrected chi connectivity index (χ4v) is 5.04. The predicted molar refractivity (Wildman–Crippen MR) is 113 cm³/mol. The van der Waals surface area contributed by atoms with Gasteiger partial charge in [0.2, 0.25) is 5.91 Å². The van der Waals surface area contributed by atoms with Crippen LogP contribution < -0.4 is 4.90 Å². The Morgan fingerprint density at radius 2 is 1.84 bits per heavy atom. The summed E-state index contributed by atoms with van der Waals surface area (Å²) >= 11 is 0. The first-order valence-electron chi connectivity index (χ1n) is 10.8. The number of hydrogen-bond donors (Lipinski definition) is 0. The maximum atomic E-state index is 13.4. The summed E-state index contributed by atoms with van der Waals surface area (Å²) in [5.74, 6) is 0.266. The molecule has 2 fully saturated rings. The summed E-state index contributed by atoms with van der Waals surface area (Å²) in [5, 5.41) is 9.07. The van der Waals surface area contributed by atoms with E-state index in [1.54, 1.807) is 31.1 Å². The minimum absolute atomic E-state index is 0.0310. The van der Waals surface area contributed by atoms with Crippen molar-refractivity contribution >= 4 is 11.6 Å². The molecule has 8 heteroatoms. The Bertz CT molecular complexity index is 838. The van der Waals surface area contributed by atoms with Gasteiger partial charge in [0.05, 0.1) is 23.1 Å². The van der Waals surface area contributed by atoms with Gasteiger partial charge in [-0.15, -0.1) is 0 Å². The van der Waals surface area contributed by atoms with E-state index in [2.05, 4.69) is 18.7 Å².